The molecule has 8 heteroatoms. The van der Waals surface area contributed by atoms with Crippen LogP contribution in [0, 0.1) is 11.3 Å². The number of Topliss-reactive ketones (excluding diaryl/α,β-unsaturated/α-hetero) is 1. The SMILES string of the molecule is COc1ccc(-c2cccc(COc3ccc(CNCCCC(C)=O)c(OCc4cccc(C#N)c4)c3)c2Br)cc1OC. The summed E-state index contributed by atoms with van der Waals surface area (Å²) in [4.78, 5) is 11.3. The predicted octanol–water partition coefficient (Wildman–Crippen LogP) is 7.62. The summed E-state index contributed by atoms with van der Waals surface area (Å²) in [6.45, 7) is 3.58. The normalized spacial score (nSPS) is 10.6. The van der Waals surface area contributed by atoms with Crippen molar-refractivity contribution in [1.82, 2.24) is 5.32 Å². The highest BCUT2D eigenvalue weighted by molar-refractivity contribution is 9.10. The van der Waals surface area contributed by atoms with Gasteiger partial charge < -0.3 is 29.1 Å². The van der Waals surface area contributed by atoms with Crippen molar-refractivity contribution < 1.29 is 23.7 Å². The summed E-state index contributed by atoms with van der Waals surface area (Å²) in [6, 6.07) is 27.3. The molecule has 0 atom stereocenters. The van der Waals surface area contributed by atoms with Gasteiger partial charge in [-0.2, -0.15) is 5.26 Å². The lowest BCUT2D eigenvalue weighted by atomic mass is 10.0. The van der Waals surface area contributed by atoms with Crippen LogP contribution in [-0.2, 0) is 24.6 Å². The van der Waals surface area contributed by atoms with E-state index in [2.05, 4.69) is 27.3 Å². The second-order valence-electron chi connectivity index (χ2n) is 9.99. The van der Waals surface area contributed by atoms with Crippen LogP contribution in [-0.4, -0.2) is 26.5 Å². The van der Waals surface area contributed by atoms with Crippen molar-refractivity contribution in [3.63, 3.8) is 0 Å². The molecule has 0 bridgehead atoms. The number of halogens is 1. The number of carbonyl (C=O) groups is 1. The average molecular weight is 644 g/mol. The van der Waals surface area contributed by atoms with Crippen molar-refractivity contribution in [1.29, 1.82) is 5.26 Å². The summed E-state index contributed by atoms with van der Waals surface area (Å²) in [6.07, 6.45) is 1.34. The van der Waals surface area contributed by atoms with E-state index in [1.165, 1.54) is 0 Å². The Bertz CT molecular complexity index is 1600. The fraction of sp³-hybridized carbons (Fsp3) is 0.257. The molecular weight excluding hydrogens is 608 g/mol. The van der Waals surface area contributed by atoms with E-state index in [0.29, 0.717) is 54.7 Å². The molecule has 222 valence electrons. The van der Waals surface area contributed by atoms with Crippen molar-refractivity contribution in [2.75, 3.05) is 20.8 Å². The fourth-order valence-electron chi connectivity index (χ4n) is 4.56. The lowest BCUT2D eigenvalue weighted by Crippen LogP contribution is -2.16. The number of nitrogens with zero attached hydrogens (tertiary/aromatic N) is 1. The third-order valence-corrected chi connectivity index (χ3v) is 7.79. The maximum atomic E-state index is 11.3. The Morgan fingerprint density at radius 3 is 2.44 bits per heavy atom. The number of benzene rings is 4. The Balaban J connectivity index is 1.50. The summed E-state index contributed by atoms with van der Waals surface area (Å²) in [5, 5.41) is 12.6. The number of carbonyl (C=O) groups excluding carboxylic acids is 1. The first-order valence-corrected chi connectivity index (χ1v) is 14.8. The molecule has 4 rings (SSSR count). The largest absolute Gasteiger partial charge is 0.493 e. The first-order valence-electron chi connectivity index (χ1n) is 14.0. The van der Waals surface area contributed by atoms with E-state index in [-0.39, 0.29) is 5.78 Å². The molecule has 0 fully saturated rings. The number of nitriles is 1. The van der Waals surface area contributed by atoms with E-state index in [0.717, 1.165) is 45.3 Å². The Morgan fingerprint density at radius 2 is 1.67 bits per heavy atom. The molecule has 0 aliphatic heterocycles. The van der Waals surface area contributed by atoms with Crippen molar-refractivity contribution in [2.24, 2.45) is 0 Å². The minimum atomic E-state index is 0.188. The first-order chi connectivity index (χ1) is 20.9. The van der Waals surface area contributed by atoms with Crippen LogP contribution < -0.4 is 24.3 Å². The molecule has 0 saturated carbocycles. The van der Waals surface area contributed by atoms with Gasteiger partial charge in [0, 0.05) is 34.6 Å². The number of ketones is 1. The minimum absolute atomic E-state index is 0.188. The van der Waals surface area contributed by atoms with Crippen molar-refractivity contribution in [2.45, 2.75) is 39.5 Å². The van der Waals surface area contributed by atoms with Gasteiger partial charge in [0.2, 0.25) is 0 Å². The van der Waals surface area contributed by atoms with Crippen LogP contribution in [0.25, 0.3) is 11.1 Å². The van der Waals surface area contributed by atoms with Gasteiger partial charge in [-0.3, -0.25) is 0 Å². The number of hydrogen-bond donors (Lipinski definition) is 1. The third-order valence-electron chi connectivity index (χ3n) is 6.85. The highest BCUT2D eigenvalue weighted by Gasteiger charge is 2.13. The van der Waals surface area contributed by atoms with E-state index in [1.54, 1.807) is 27.2 Å². The van der Waals surface area contributed by atoms with Gasteiger partial charge in [0.05, 0.1) is 25.9 Å². The van der Waals surface area contributed by atoms with E-state index in [9.17, 15) is 10.1 Å². The van der Waals surface area contributed by atoms with Gasteiger partial charge in [-0.25, -0.2) is 0 Å². The van der Waals surface area contributed by atoms with Crippen molar-refractivity contribution >= 4 is 21.7 Å². The number of hydrogen-bond acceptors (Lipinski definition) is 7. The predicted molar refractivity (Wildman–Crippen MR) is 171 cm³/mol. The van der Waals surface area contributed by atoms with Crippen LogP contribution in [0.5, 0.6) is 23.0 Å². The van der Waals surface area contributed by atoms with Gasteiger partial charge in [0.25, 0.3) is 0 Å². The molecule has 4 aromatic rings. The smallest absolute Gasteiger partial charge is 0.161 e. The number of ether oxygens (including phenoxy) is 4. The monoisotopic (exact) mass is 642 g/mol. The molecule has 0 spiro atoms. The van der Waals surface area contributed by atoms with Crippen LogP contribution in [0.2, 0.25) is 0 Å². The summed E-state index contributed by atoms with van der Waals surface area (Å²) in [7, 11) is 3.24. The first kappa shape index (κ1) is 31.6. The summed E-state index contributed by atoms with van der Waals surface area (Å²) >= 11 is 3.78. The van der Waals surface area contributed by atoms with Crippen LogP contribution >= 0.6 is 15.9 Å². The lowest BCUT2D eigenvalue weighted by molar-refractivity contribution is -0.117. The second-order valence-corrected chi connectivity index (χ2v) is 10.8. The molecule has 4 aromatic carbocycles. The molecule has 0 saturated heterocycles. The van der Waals surface area contributed by atoms with Gasteiger partial charge in [-0.15, -0.1) is 0 Å². The number of methoxy groups -OCH3 is 2. The highest BCUT2D eigenvalue weighted by atomic mass is 79.9. The van der Waals surface area contributed by atoms with Crippen molar-refractivity contribution in [3.8, 4) is 40.2 Å². The Kier molecular flexibility index (Phi) is 11.6. The highest BCUT2D eigenvalue weighted by Crippen LogP contribution is 2.37. The lowest BCUT2D eigenvalue weighted by Gasteiger charge is -2.16. The maximum Gasteiger partial charge on any atom is 0.161 e. The molecule has 0 aromatic heterocycles. The molecule has 0 amide bonds. The topological polar surface area (TPSA) is 89.8 Å². The minimum Gasteiger partial charge on any atom is -0.493 e. The zero-order chi connectivity index (χ0) is 30.6. The molecule has 0 aliphatic carbocycles. The molecule has 0 heterocycles. The average Bonchev–Trinajstić information content (AvgIpc) is 3.03. The zero-order valence-corrected chi connectivity index (χ0v) is 26.2. The molecule has 0 aliphatic rings. The number of nitrogens with one attached hydrogen (secondary N) is 1. The Morgan fingerprint density at radius 1 is 0.860 bits per heavy atom. The fourth-order valence-corrected chi connectivity index (χ4v) is 5.17. The van der Waals surface area contributed by atoms with E-state index < -0.39 is 0 Å². The van der Waals surface area contributed by atoms with Crippen molar-refractivity contribution in [3.05, 3.63) is 106 Å². The summed E-state index contributed by atoms with van der Waals surface area (Å²) in [5.41, 5.74) is 5.45. The molecule has 0 unspecified atom stereocenters. The Labute approximate surface area is 261 Å². The number of rotatable bonds is 15. The molecular formula is C35H35BrN2O5. The van der Waals surface area contributed by atoms with Gasteiger partial charge >= 0.3 is 0 Å². The molecule has 7 nitrogen and oxygen atoms in total. The van der Waals surface area contributed by atoms with Crippen LogP contribution in [0.15, 0.2) is 83.3 Å². The zero-order valence-electron chi connectivity index (χ0n) is 24.6. The van der Waals surface area contributed by atoms with Crippen LogP contribution in [0.3, 0.4) is 0 Å². The third kappa shape index (κ3) is 8.84. The standard InChI is InChI=1S/C35H35BrN2O5/c1-24(39)7-6-16-38-21-28-12-14-30(19-33(28)43-22-26-9-4-8-25(17-26)20-37)42-23-29-10-5-11-31(35(29)36)27-13-15-32(40-2)34(18-27)41-3/h4-5,8-15,17-19,38H,6-7,16,21-23H2,1-3H3. The molecule has 0 radical (unpaired) electrons. The van der Waals surface area contributed by atoms with E-state index >= 15 is 0 Å². The molecule has 43 heavy (non-hydrogen) atoms. The van der Waals surface area contributed by atoms with Crippen LogP contribution in [0.4, 0.5) is 0 Å². The quantitative estimate of drug-likeness (QED) is 0.133. The van der Waals surface area contributed by atoms with Gasteiger partial charge in [0.15, 0.2) is 11.5 Å². The van der Waals surface area contributed by atoms with E-state index in [4.69, 9.17) is 18.9 Å². The van der Waals surface area contributed by atoms with Gasteiger partial charge in [0.1, 0.15) is 30.5 Å². The molecule has 1 N–H and O–H groups in total. The second kappa shape index (κ2) is 15.8. The summed E-state index contributed by atoms with van der Waals surface area (Å²) < 4.78 is 24.3. The summed E-state index contributed by atoms with van der Waals surface area (Å²) in [5.74, 6) is 2.88. The van der Waals surface area contributed by atoms with Gasteiger partial charge in [-0.05, 0) is 82.8 Å². The van der Waals surface area contributed by atoms with E-state index in [1.807, 2.05) is 72.8 Å². The van der Waals surface area contributed by atoms with Crippen LogP contribution in [0.1, 0.15) is 42.0 Å². The Hall–Kier alpha value is -4.32. The van der Waals surface area contributed by atoms with Gasteiger partial charge in [-0.1, -0.05) is 42.5 Å². The maximum absolute atomic E-state index is 11.3.